The fourth-order valence-electron chi connectivity index (χ4n) is 3.22. The van der Waals surface area contributed by atoms with E-state index in [0.29, 0.717) is 47.5 Å². The lowest BCUT2D eigenvalue weighted by Crippen LogP contribution is -2.49. The Balaban J connectivity index is 1.37. The number of nitrogens with one attached hydrogen (secondary N) is 2. The summed E-state index contributed by atoms with van der Waals surface area (Å²) < 4.78 is 13.2. The maximum Gasteiger partial charge on any atom is 0.238 e. The molecule has 1 aliphatic rings. The van der Waals surface area contributed by atoms with Crippen molar-refractivity contribution in [1.82, 2.24) is 9.80 Å². The number of rotatable bonds is 7. The lowest BCUT2D eigenvalue weighted by molar-refractivity contribution is -0.117. The van der Waals surface area contributed by atoms with Crippen LogP contribution in [0, 0.1) is 5.82 Å². The number of piperazine rings is 1. The third-order valence-electron chi connectivity index (χ3n) is 4.82. The van der Waals surface area contributed by atoms with E-state index >= 15 is 0 Å². The molecule has 1 fully saturated rings. The summed E-state index contributed by atoms with van der Waals surface area (Å²) in [5, 5.41) is 6.27. The van der Waals surface area contributed by atoms with Crippen LogP contribution in [0.3, 0.4) is 0 Å². The van der Waals surface area contributed by atoms with Gasteiger partial charge in [0.15, 0.2) is 0 Å². The van der Waals surface area contributed by atoms with E-state index < -0.39 is 0 Å². The van der Waals surface area contributed by atoms with E-state index in [0.717, 1.165) is 13.1 Å². The third kappa shape index (κ3) is 6.67. The van der Waals surface area contributed by atoms with Gasteiger partial charge in [0.2, 0.25) is 11.8 Å². The van der Waals surface area contributed by atoms with Crippen molar-refractivity contribution in [1.29, 1.82) is 0 Å². The summed E-state index contributed by atoms with van der Waals surface area (Å²) in [6, 6.07) is 10.9. The standard InChI is InChI=1S/C21H23Cl2FN4O2/c22-17-5-2-6-18(23)21(17)26-19(29)7-8-27-9-11-28(12-10-27)14-20(30)25-16-4-1-3-15(24)13-16/h1-6,13H,7-12,14H2,(H,25,30)(H,26,29). The maximum absolute atomic E-state index is 13.2. The number of hydrogen-bond acceptors (Lipinski definition) is 4. The van der Waals surface area contributed by atoms with Gasteiger partial charge in [-0.2, -0.15) is 0 Å². The number of nitrogens with zero attached hydrogens (tertiary/aromatic N) is 2. The molecule has 0 atom stereocenters. The van der Waals surface area contributed by atoms with Crippen LogP contribution in [0.4, 0.5) is 15.8 Å². The number of carbonyl (C=O) groups is 2. The first-order chi connectivity index (χ1) is 14.4. The number of halogens is 3. The first-order valence-corrected chi connectivity index (χ1v) is 10.4. The maximum atomic E-state index is 13.2. The van der Waals surface area contributed by atoms with Crippen molar-refractivity contribution in [3.8, 4) is 0 Å². The van der Waals surface area contributed by atoms with Gasteiger partial charge in [0.25, 0.3) is 0 Å². The predicted octanol–water partition coefficient (Wildman–Crippen LogP) is 3.72. The normalized spacial score (nSPS) is 15.0. The molecule has 0 aliphatic carbocycles. The van der Waals surface area contributed by atoms with Crippen LogP contribution in [0.25, 0.3) is 0 Å². The second-order valence-corrected chi connectivity index (χ2v) is 7.89. The molecule has 2 aromatic carbocycles. The van der Waals surface area contributed by atoms with Crippen LogP contribution in [0.15, 0.2) is 42.5 Å². The Hall–Kier alpha value is -2.19. The van der Waals surface area contributed by atoms with E-state index in [4.69, 9.17) is 23.2 Å². The van der Waals surface area contributed by atoms with E-state index in [1.807, 2.05) is 4.90 Å². The molecular formula is C21H23Cl2FN4O2. The van der Waals surface area contributed by atoms with Crippen molar-refractivity contribution in [2.45, 2.75) is 6.42 Å². The Morgan fingerprint density at radius 3 is 2.20 bits per heavy atom. The van der Waals surface area contributed by atoms with Crippen LogP contribution in [-0.4, -0.2) is 60.9 Å². The van der Waals surface area contributed by atoms with Crippen molar-refractivity contribution >= 4 is 46.4 Å². The van der Waals surface area contributed by atoms with Gasteiger partial charge in [-0.3, -0.25) is 14.5 Å². The van der Waals surface area contributed by atoms with E-state index in [9.17, 15) is 14.0 Å². The monoisotopic (exact) mass is 452 g/mol. The van der Waals surface area contributed by atoms with Crippen molar-refractivity contribution in [2.24, 2.45) is 0 Å². The highest BCUT2D eigenvalue weighted by Gasteiger charge is 2.20. The highest BCUT2D eigenvalue weighted by atomic mass is 35.5. The summed E-state index contributed by atoms with van der Waals surface area (Å²) in [6.45, 7) is 3.80. The van der Waals surface area contributed by atoms with Gasteiger partial charge in [-0.05, 0) is 30.3 Å². The van der Waals surface area contributed by atoms with Crippen molar-refractivity contribution in [3.63, 3.8) is 0 Å². The smallest absolute Gasteiger partial charge is 0.238 e. The van der Waals surface area contributed by atoms with E-state index in [1.165, 1.54) is 12.1 Å². The first-order valence-electron chi connectivity index (χ1n) is 9.65. The fourth-order valence-corrected chi connectivity index (χ4v) is 3.71. The molecule has 2 aromatic rings. The Labute approximate surface area is 184 Å². The summed E-state index contributed by atoms with van der Waals surface area (Å²) in [6.07, 6.45) is 0.321. The minimum absolute atomic E-state index is 0.151. The highest BCUT2D eigenvalue weighted by Crippen LogP contribution is 2.29. The molecule has 2 amide bonds. The molecule has 30 heavy (non-hydrogen) atoms. The van der Waals surface area contributed by atoms with Gasteiger partial charge < -0.3 is 15.5 Å². The zero-order valence-electron chi connectivity index (χ0n) is 16.3. The van der Waals surface area contributed by atoms with Crippen LogP contribution >= 0.6 is 23.2 Å². The molecule has 0 unspecified atom stereocenters. The van der Waals surface area contributed by atoms with Crippen LogP contribution in [-0.2, 0) is 9.59 Å². The Morgan fingerprint density at radius 1 is 0.900 bits per heavy atom. The van der Waals surface area contributed by atoms with Crippen LogP contribution in [0.5, 0.6) is 0 Å². The second-order valence-electron chi connectivity index (χ2n) is 7.07. The largest absolute Gasteiger partial charge is 0.325 e. The van der Waals surface area contributed by atoms with Gasteiger partial charge in [0.05, 0.1) is 22.3 Å². The number of para-hydroxylation sites is 1. The molecule has 0 radical (unpaired) electrons. The summed E-state index contributed by atoms with van der Waals surface area (Å²) in [5.41, 5.74) is 0.878. The van der Waals surface area contributed by atoms with Crippen molar-refractivity contribution < 1.29 is 14.0 Å². The van der Waals surface area contributed by atoms with Gasteiger partial charge in [-0.25, -0.2) is 4.39 Å². The molecule has 0 bridgehead atoms. The van der Waals surface area contributed by atoms with E-state index in [1.54, 1.807) is 30.3 Å². The number of hydrogen-bond donors (Lipinski definition) is 2. The molecule has 0 aromatic heterocycles. The van der Waals surface area contributed by atoms with E-state index in [-0.39, 0.29) is 24.2 Å². The van der Waals surface area contributed by atoms with Crippen LogP contribution in [0.2, 0.25) is 10.0 Å². The summed E-state index contributed by atoms with van der Waals surface area (Å²) in [5.74, 6) is -0.714. The second kappa shape index (κ2) is 10.7. The molecule has 6 nitrogen and oxygen atoms in total. The van der Waals surface area contributed by atoms with Gasteiger partial charge in [0, 0.05) is 44.8 Å². The quantitative estimate of drug-likeness (QED) is 0.671. The molecular weight excluding hydrogens is 430 g/mol. The molecule has 2 N–H and O–H groups in total. The minimum atomic E-state index is -0.387. The van der Waals surface area contributed by atoms with Crippen LogP contribution in [0.1, 0.15) is 6.42 Å². The number of carbonyl (C=O) groups excluding carboxylic acids is 2. The molecule has 0 spiro atoms. The van der Waals surface area contributed by atoms with Gasteiger partial charge >= 0.3 is 0 Å². The zero-order chi connectivity index (χ0) is 21.5. The lowest BCUT2D eigenvalue weighted by atomic mass is 10.2. The topological polar surface area (TPSA) is 64.7 Å². The van der Waals surface area contributed by atoms with Gasteiger partial charge in [-0.15, -0.1) is 0 Å². The van der Waals surface area contributed by atoms with Gasteiger partial charge in [0.1, 0.15) is 5.82 Å². The van der Waals surface area contributed by atoms with Crippen molar-refractivity contribution in [3.05, 3.63) is 58.3 Å². The minimum Gasteiger partial charge on any atom is -0.325 e. The predicted molar refractivity (Wildman–Crippen MR) is 118 cm³/mol. The number of anilines is 2. The molecule has 3 rings (SSSR count). The Kier molecular flexibility index (Phi) is 8.04. The third-order valence-corrected chi connectivity index (χ3v) is 5.45. The molecule has 1 aliphatic heterocycles. The Bertz CT molecular complexity index is 884. The molecule has 9 heteroatoms. The number of amides is 2. The molecule has 1 saturated heterocycles. The zero-order valence-corrected chi connectivity index (χ0v) is 17.8. The van der Waals surface area contributed by atoms with Crippen LogP contribution < -0.4 is 10.6 Å². The highest BCUT2D eigenvalue weighted by molar-refractivity contribution is 6.39. The SMILES string of the molecule is O=C(CN1CCN(CCC(=O)Nc2c(Cl)cccc2Cl)CC1)Nc1cccc(F)c1. The van der Waals surface area contributed by atoms with Gasteiger partial charge in [-0.1, -0.05) is 35.3 Å². The first kappa shape index (κ1) is 22.5. The lowest BCUT2D eigenvalue weighted by Gasteiger charge is -2.34. The average molecular weight is 453 g/mol. The van der Waals surface area contributed by atoms with Crippen molar-refractivity contribution in [2.75, 3.05) is 49.9 Å². The molecule has 160 valence electrons. The summed E-state index contributed by atoms with van der Waals surface area (Å²) >= 11 is 12.1. The molecule has 1 heterocycles. The molecule has 0 saturated carbocycles. The fraction of sp³-hybridized carbons (Fsp3) is 0.333. The average Bonchev–Trinajstić information content (AvgIpc) is 2.70. The number of benzene rings is 2. The Morgan fingerprint density at radius 2 is 1.53 bits per heavy atom. The summed E-state index contributed by atoms with van der Waals surface area (Å²) in [4.78, 5) is 28.6. The van der Waals surface area contributed by atoms with E-state index in [2.05, 4.69) is 15.5 Å². The summed E-state index contributed by atoms with van der Waals surface area (Å²) in [7, 11) is 0.